The van der Waals surface area contributed by atoms with Crippen molar-refractivity contribution in [3.8, 4) is 16.3 Å². The third-order valence-electron chi connectivity index (χ3n) is 1.98. The Bertz CT molecular complexity index is 465. The van der Waals surface area contributed by atoms with Crippen LogP contribution < -0.4 is 0 Å². The molecule has 0 unspecified atom stereocenters. The van der Waals surface area contributed by atoms with Crippen LogP contribution in [-0.2, 0) is 0 Å². The molecule has 3 nitrogen and oxygen atoms in total. The molecule has 1 aromatic carbocycles. The average molecular weight is 206 g/mol. The predicted octanol–water partition coefficient (Wildman–Crippen LogP) is 2.53. The number of rotatable bonds is 1. The van der Waals surface area contributed by atoms with Gasteiger partial charge in [0.25, 0.3) is 0 Å². The van der Waals surface area contributed by atoms with E-state index in [1.165, 1.54) is 11.3 Å². The van der Waals surface area contributed by atoms with E-state index < -0.39 is 0 Å². The van der Waals surface area contributed by atoms with Crippen LogP contribution in [0.1, 0.15) is 10.6 Å². The normalized spacial score (nSPS) is 10.4. The summed E-state index contributed by atoms with van der Waals surface area (Å²) in [6.45, 7) is 3.78. The van der Waals surface area contributed by atoms with Gasteiger partial charge >= 0.3 is 0 Å². The zero-order chi connectivity index (χ0) is 10.1. The molecule has 1 aromatic heterocycles. The fourth-order valence-corrected chi connectivity index (χ4v) is 1.84. The topological polar surface area (TPSA) is 46.0 Å². The predicted molar refractivity (Wildman–Crippen MR) is 56.5 cm³/mol. The van der Waals surface area contributed by atoms with Gasteiger partial charge < -0.3 is 5.11 Å². The van der Waals surface area contributed by atoms with Gasteiger partial charge in [-0.25, -0.2) is 0 Å². The first kappa shape index (κ1) is 9.15. The highest BCUT2D eigenvalue weighted by Crippen LogP contribution is 2.27. The van der Waals surface area contributed by atoms with Crippen LogP contribution in [0.2, 0.25) is 0 Å². The van der Waals surface area contributed by atoms with Crippen LogP contribution in [0.5, 0.6) is 5.75 Å². The summed E-state index contributed by atoms with van der Waals surface area (Å²) in [6.07, 6.45) is 0. The molecule has 0 aliphatic rings. The molecule has 0 radical (unpaired) electrons. The van der Waals surface area contributed by atoms with Crippen LogP contribution in [0.3, 0.4) is 0 Å². The molecule has 0 saturated carbocycles. The minimum atomic E-state index is 0.301. The Morgan fingerprint density at radius 3 is 2.57 bits per heavy atom. The summed E-state index contributed by atoms with van der Waals surface area (Å²) in [7, 11) is 0. The number of hydrogen-bond donors (Lipinski definition) is 1. The number of aromatic nitrogens is 2. The number of hydrogen-bond acceptors (Lipinski definition) is 4. The van der Waals surface area contributed by atoms with Crippen molar-refractivity contribution in [2.75, 3.05) is 0 Å². The lowest BCUT2D eigenvalue weighted by Crippen LogP contribution is -1.79. The summed E-state index contributed by atoms with van der Waals surface area (Å²) in [5.41, 5.74) is 1.79. The maximum Gasteiger partial charge on any atom is 0.147 e. The van der Waals surface area contributed by atoms with E-state index >= 15 is 0 Å². The molecule has 1 heterocycles. The second kappa shape index (κ2) is 3.38. The molecule has 0 spiro atoms. The largest absolute Gasteiger partial charge is 0.508 e. The van der Waals surface area contributed by atoms with Crippen LogP contribution in [0, 0.1) is 13.8 Å². The van der Waals surface area contributed by atoms with E-state index in [-0.39, 0.29) is 0 Å². The summed E-state index contributed by atoms with van der Waals surface area (Å²) in [4.78, 5) is 0. The lowest BCUT2D eigenvalue weighted by molar-refractivity contribution is 0.471. The van der Waals surface area contributed by atoms with Crippen molar-refractivity contribution in [3.05, 3.63) is 28.8 Å². The molecule has 0 saturated heterocycles. The number of nitrogens with zero attached hydrogens (tertiary/aromatic N) is 2. The van der Waals surface area contributed by atoms with Crippen molar-refractivity contribution < 1.29 is 5.11 Å². The van der Waals surface area contributed by atoms with Gasteiger partial charge in [-0.3, -0.25) is 0 Å². The highest BCUT2D eigenvalue weighted by molar-refractivity contribution is 7.14. The van der Waals surface area contributed by atoms with Gasteiger partial charge in [0.15, 0.2) is 0 Å². The molecule has 1 N–H and O–H groups in total. The fraction of sp³-hybridized carbons (Fsp3) is 0.200. The standard InChI is InChI=1S/C10H10N2OS/c1-6-3-4-8(5-9(6)13)10-12-11-7(2)14-10/h3-5,13H,1-2H3. The van der Waals surface area contributed by atoms with Crippen molar-refractivity contribution in [2.45, 2.75) is 13.8 Å². The van der Waals surface area contributed by atoms with E-state index in [0.717, 1.165) is 21.1 Å². The van der Waals surface area contributed by atoms with Gasteiger partial charge in [0.2, 0.25) is 0 Å². The van der Waals surface area contributed by atoms with Crippen LogP contribution in [0.15, 0.2) is 18.2 Å². The zero-order valence-electron chi connectivity index (χ0n) is 7.98. The SMILES string of the molecule is Cc1nnc(-c2ccc(C)c(O)c2)s1. The molecule has 14 heavy (non-hydrogen) atoms. The van der Waals surface area contributed by atoms with Gasteiger partial charge in [0, 0.05) is 5.56 Å². The van der Waals surface area contributed by atoms with Gasteiger partial charge in [-0.15, -0.1) is 10.2 Å². The first-order valence-corrected chi connectivity index (χ1v) is 5.08. The van der Waals surface area contributed by atoms with Crippen molar-refractivity contribution in [3.63, 3.8) is 0 Å². The van der Waals surface area contributed by atoms with Crippen LogP contribution >= 0.6 is 11.3 Å². The van der Waals surface area contributed by atoms with Crippen molar-refractivity contribution in [2.24, 2.45) is 0 Å². The lowest BCUT2D eigenvalue weighted by Gasteiger charge is -1.99. The van der Waals surface area contributed by atoms with Crippen LogP contribution in [0.25, 0.3) is 10.6 Å². The minimum Gasteiger partial charge on any atom is -0.508 e. The quantitative estimate of drug-likeness (QED) is 0.779. The van der Waals surface area contributed by atoms with E-state index in [0.29, 0.717) is 5.75 Å². The number of phenolic OH excluding ortho intramolecular Hbond substituents is 1. The third kappa shape index (κ3) is 1.61. The number of aryl methyl sites for hydroxylation is 2. The summed E-state index contributed by atoms with van der Waals surface area (Å²) in [6, 6.07) is 5.53. The smallest absolute Gasteiger partial charge is 0.147 e. The van der Waals surface area contributed by atoms with Gasteiger partial charge in [-0.05, 0) is 25.5 Å². The Labute approximate surface area is 86.1 Å². The molecule has 72 valence electrons. The van der Waals surface area contributed by atoms with Crippen LogP contribution in [0.4, 0.5) is 0 Å². The highest BCUT2D eigenvalue weighted by atomic mass is 32.1. The maximum absolute atomic E-state index is 9.52. The third-order valence-corrected chi connectivity index (χ3v) is 2.87. The Morgan fingerprint density at radius 1 is 1.21 bits per heavy atom. The Hall–Kier alpha value is -1.42. The summed E-state index contributed by atoms with van der Waals surface area (Å²) in [5, 5.41) is 19.2. The molecule has 0 aliphatic carbocycles. The molecule has 0 atom stereocenters. The van der Waals surface area contributed by atoms with E-state index in [4.69, 9.17) is 0 Å². The molecule has 0 aliphatic heterocycles. The van der Waals surface area contributed by atoms with Crippen molar-refractivity contribution in [1.29, 1.82) is 0 Å². The van der Waals surface area contributed by atoms with E-state index in [2.05, 4.69) is 10.2 Å². The molecular formula is C10H10N2OS. The highest BCUT2D eigenvalue weighted by Gasteiger charge is 2.05. The second-order valence-electron chi connectivity index (χ2n) is 3.13. The molecule has 2 aromatic rings. The van der Waals surface area contributed by atoms with Gasteiger partial charge in [-0.1, -0.05) is 23.5 Å². The zero-order valence-corrected chi connectivity index (χ0v) is 8.80. The average Bonchev–Trinajstić information content (AvgIpc) is 2.57. The second-order valence-corrected chi connectivity index (χ2v) is 4.31. The van der Waals surface area contributed by atoms with Gasteiger partial charge in [0.1, 0.15) is 15.8 Å². The maximum atomic E-state index is 9.52. The number of aromatic hydroxyl groups is 1. The minimum absolute atomic E-state index is 0.301. The fourth-order valence-electron chi connectivity index (χ4n) is 1.16. The van der Waals surface area contributed by atoms with E-state index in [9.17, 15) is 5.11 Å². The first-order chi connectivity index (χ1) is 6.66. The van der Waals surface area contributed by atoms with E-state index in [1.807, 2.05) is 26.0 Å². The van der Waals surface area contributed by atoms with Crippen molar-refractivity contribution in [1.82, 2.24) is 10.2 Å². The summed E-state index contributed by atoms with van der Waals surface area (Å²) >= 11 is 1.52. The van der Waals surface area contributed by atoms with Gasteiger partial charge in [-0.2, -0.15) is 0 Å². The van der Waals surface area contributed by atoms with Crippen LogP contribution in [-0.4, -0.2) is 15.3 Å². The Morgan fingerprint density at radius 2 is 2.00 bits per heavy atom. The van der Waals surface area contributed by atoms with Gasteiger partial charge in [0.05, 0.1) is 0 Å². The Balaban J connectivity index is 2.47. The molecular weight excluding hydrogens is 196 g/mol. The van der Waals surface area contributed by atoms with E-state index in [1.54, 1.807) is 6.07 Å². The Kier molecular flexibility index (Phi) is 2.21. The summed E-state index contributed by atoms with van der Waals surface area (Å²) in [5.74, 6) is 0.301. The molecule has 4 heteroatoms. The summed E-state index contributed by atoms with van der Waals surface area (Å²) < 4.78 is 0. The monoisotopic (exact) mass is 206 g/mol. The molecule has 2 rings (SSSR count). The first-order valence-electron chi connectivity index (χ1n) is 4.27. The number of phenols is 1. The molecule has 0 amide bonds. The molecule has 0 fully saturated rings. The van der Waals surface area contributed by atoms with Crippen molar-refractivity contribution >= 4 is 11.3 Å². The molecule has 0 bridgehead atoms. The lowest BCUT2D eigenvalue weighted by atomic mass is 10.1. The number of benzene rings is 1.